The number of rotatable bonds is 4. The predicted octanol–water partition coefficient (Wildman–Crippen LogP) is 2.79. The molecule has 0 radical (unpaired) electrons. The normalized spacial score (nSPS) is 12.0. The molecule has 0 aliphatic rings. The molecule has 0 fully saturated rings. The second-order valence-electron chi connectivity index (χ2n) is 5.18. The lowest BCUT2D eigenvalue weighted by Gasteiger charge is -1.96. The van der Waals surface area contributed by atoms with Crippen molar-refractivity contribution < 1.29 is 9.72 Å². The van der Waals surface area contributed by atoms with Crippen molar-refractivity contribution in [2.75, 3.05) is 0 Å². The number of hydrogen-bond donors (Lipinski definition) is 1. The van der Waals surface area contributed by atoms with E-state index in [-0.39, 0.29) is 11.6 Å². The first-order valence-corrected chi connectivity index (χ1v) is 8.17. The van der Waals surface area contributed by atoms with E-state index in [0.29, 0.717) is 10.4 Å². The van der Waals surface area contributed by atoms with Crippen LogP contribution in [0.15, 0.2) is 59.7 Å². The summed E-state index contributed by atoms with van der Waals surface area (Å²) in [6.45, 7) is 0. The molecule has 1 aromatic heterocycles. The van der Waals surface area contributed by atoms with Gasteiger partial charge in [-0.1, -0.05) is 23.5 Å². The van der Waals surface area contributed by atoms with Crippen LogP contribution in [0.1, 0.15) is 5.56 Å². The Kier molecular flexibility index (Phi) is 4.71. The van der Waals surface area contributed by atoms with E-state index in [1.54, 1.807) is 18.2 Å². The highest BCUT2D eigenvalue weighted by Gasteiger charge is 2.03. The van der Waals surface area contributed by atoms with Crippen LogP contribution in [0.25, 0.3) is 16.3 Å². The number of carbonyl (C=O) groups is 1. The van der Waals surface area contributed by atoms with Crippen LogP contribution < -0.4 is 10.2 Å². The third-order valence-corrected chi connectivity index (χ3v) is 4.62. The third kappa shape index (κ3) is 3.81. The molecule has 0 saturated heterocycles. The number of fused-ring (bicyclic) bond motifs is 1. The lowest BCUT2D eigenvalue weighted by molar-refractivity contribution is -0.384. The maximum atomic E-state index is 11.9. The number of amides is 1. The molecular formula is C17H14N4O3S. The first kappa shape index (κ1) is 16.6. The highest BCUT2D eigenvalue weighted by atomic mass is 32.1. The van der Waals surface area contributed by atoms with E-state index in [9.17, 15) is 14.9 Å². The number of aryl methyl sites for hydroxylation is 1. The molecule has 126 valence electrons. The number of nitro benzene ring substituents is 1. The minimum Gasteiger partial charge on any atom is -0.318 e. The van der Waals surface area contributed by atoms with Gasteiger partial charge in [-0.2, -0.15) is 0 Å². The van der Waals surface area contributed by atoms with Crippen LogP contribution in [0.5, 0.6) is 0 Å². The minimum atomic E-state index is -0.468. The molecule has 7 nitrogen and oxygen atoms in total. The first-order valence-electron chi connectivity index (χ1n) is 7.35. The highest BCUT2D eigenvalue weighted by molar-refractivity contribution is 7.16. The molecule has 1 amide bonds. The van der Waals surface area contributed by atoms with Crippen LogP contribution in [-0.4, -0.2) is 15.4 Å². The number of carbonyl (C=O) groups excluding carboxylic acids is 1. The zero-order valence-corrected chi connectivity index (χ0v) is 14.1. The number of nitrogens with zero attached hydrogens (tertiary/aromatic N) is 3. The van der Waals surface area contributed by atoms with Crippen LogP contribution in [0.2, 0.25) is 0 Å². The summed E-state index contributed by atoms with van der Waals surface area (Å²) in [6.07, 6.45) is 2.90. The summed E-state index contributed by atoms with van der Waals surface area (Å²) in [5, 5.41) is 14.7. The SMILES string of the molecule is Cn1/c(=N/NC(=O)/C=C/c2ccc([N+](=O)[O-])cc2)sc2ccccc21. The van der Waals surface area contributed by atoms with Crippen molar-refractivity contribution in [2.24, 2.45) is 12.1 Å². The number of para-hydroxylation sites is 1. The van der Waals surface area contributed by atoms with Crippen molar-refractivity contribution >= 4 is 39.2 Å². The number of nitrogens with one attached hydrogen (secondary N) is 1. The Morgan fingerprint density at radius 3 is 2.64 bits per heavy atom. The predicted molar refractivity (Wildman–Crippen MR) is 96.6 cm³/mol. The van der Waals surface area contributed by atoms with Gasteiger partial charge in [0.15, 0.2) is 0 Å². The number of aromatic nitrogens is 1. The summed E-state index contributed by atoms with van der Waals surface area (Å²) in [7, 11) is 1.89. The van der Waals surface area contributed by atoms with Gasteiger partial charge in [-0.05, 0) is 35.9 Å². The number of non-ortho nitro benzene ring substituents is 1. The molecule has 2 aromatic carbocycles. The van der Waals surface area contributed by atoms with Gasteiger partial charge in [0.1, 0.15) is 0 Å². The Hall–Kier alpha value is -3.26. The first-order chi connectivity index (χ1) is 12.0. The molecule has 0 aliphatic carbocycles. The number of benzene rings is 2. The molecule has 0 aliphatic heterocycles. The molecule has 1 N–H and O–H groups in total. The Morgan fingerprint density at radius 1 is 1.24 bits per heavy atom. The molecule has 0 bridgehead atoms. The van der Waals surface area contributed by atoms with E-state index < -0.39 is 4.92 Å². The van der Waals surface area contributed by atoms with Gasteiger partial charge in [-0.3, -0.25) is 14.9 Å². The second-order valence-corrected chi connectivity index (χ2v) is 6.19. The average Bonchev–Trinajstić information content (AvgIpc) is 2.95. The van der Waals surface area contributed by atoms with Crippen molar-refractivity contribution in [3.05, 3.63) is 75.1 Å². The van der Waals surface area contributed by atoms with Crippen LogP contribution in [-0.2, 0) is 11.8 Å². The van der Waals surface area contributed by atoms with Gasteiger partial charge in [0.2, 0.25) is 4.80 Å². The molecule has 8 heteroatoms. The van der Waals surface area contributed by atoms with Crippen LogP contribution in [0, 0.1) is 10.1 Å². The molecule has 3 aromatic rings. The fourth-order valence-corrected chi connectivity index (χ4v) is 3.19. The monoisotopic (exact) mass is 354 g/mol. The minimum absolute atomic E-state index is 0.00821. The van der Waals surface area contributed by atoms with Gasteiger partial charge in [0, 0.05) is 25.3 Å². The average molecular weight is 354 g/mol. The van der Waals surface area contributed by atoms with Gasteiger partial charge in [-0.25, -0.2) is 5.43 Å². The van der Waals surface area contributed by atoms with E-state index in [4.69, 9.17) is 0 Å². The van der Waals surface area contributed by atoms with Crippen LogP contribution in [0.3, 0.4) is 0 Å². The lowest BCUT2D eigenvalue weighted by Crippen LogP contribution is -2.21. The van der Waals surface area contributed by atoms with Crippen molar-refractivity contribution in [1.82, 2.24) is 9.99 Å². The van der Waals surface area contributed by atoms with Crippen LogP contribution in [0.4, 0.5) is 5.69 Å². The van der Waals surface area contributed by atoms with Gasteiger partial charge in [0.25, 0.3) is 11.6 Å². The van der Waals surface area contributed by atoms with Gasteiger partial charge in [0.05, 0.1) is 15.1 Å². The maximum absolute atomic E-state index is 11.9. The molecule has 0 saturated carbocycles. The Bertz CT molecular complexity index is 1030. The summed E-state index contributed by atoms with van der Waals surface area (Å²) in [5.41, 5.74) is 4.22. The largest absolute Gasteiger partial charge is 0.318 e. The fraction of sp³-hybridized carbons (Fsp3) is 0.0588. The maximum Gasteiger partial charge on any atom is 0.269 e. The summed E-state index contributed by atoms with van der Waals surface area (Å²) in [5.74, 6) is -0.379. The Labute approximate surface area is 146 Å². The molecule has 0 spiro atoms. The van der Waals surface area contributed by atoms with Gasteiger partial charge >= 0.3 is 0 Å². The lowest BCUT2D eigenvalue weighted by atomic mass is 10.2. The topological polar surface area (TPSA) is 89.5 Å². The zero-order chi connectivity index (χ0) is 17.8. The smallest absolute Gasteiger partial charge is 0.269 e. The molecule has 1 heterocycles. The standard InChI is InChI=1S/C17H14N4O3S/c1-20-14-4-2-3-5-15(14)25-17(20)19-18-16(22)11-8-12-6-9-13(10-7-12)21(23)24/h2-11H,1H3,(H,18,22)/b11-8+,19-17-. The third-order valence-electron chi connectivity index (χ3n) is 3.51. The van der Waals surface area contributed by atoms with E-state index in [2.05, 4.69) is 10.5 Å². The Morgan fingerprint density at radius 2 is 1.96 bits per heavy atom. The summed E-state index contributed by atoms with van der Waals surface area (Å²) in [4.78, 5) is 22.7. The van der Waals surface area contributed by atoms with Crippen molar-refractivity contribution in [2.45, 2.75) is 0 Å². The van der Waals surface area contributed by atoms with Gasteiger partial charge in [-0.15, -0.1) is 5.10 Å². The van der Waals surface area contributed by atoms with E-state index in [1.165, 1.54) is 29.5 Å². The number of nitro groups is 1. The van der Waals surface area contributed by atoms with Crippen molar-refractivity contribution in [3.63, 3.8) is 0 Å². The molecular weight excluding hydrogens is 340 g/mol. The fourth-order valence-electron chi connectivity index (χ4n) is 2.21. The number of hydrogen-bond acceptors (Lipinski definition) is 5. The van der Waals surface area contributed by atoms with E-state index >= 15 is 0 Å². The molecule has 3 rings (SSSR count). The van der Waals surface area contributed by atoms with E-state index in [1.807, 2.05) is 35.9 Å². The molecule has 25 heavy (non-hydrogen) atoms. The van der Waals surface area contributed by atoms with Gasteiger partial charge < -0.3 is 4.57 Å². The summed E-state index contributed by atoms with van der Waals surface area (Å²) < 4.78 is 2.99. The van der Waals surface area contributed by atoms with Crippen LogP contribution >= 0.6 is 11.3 Å². The Balaban J connectivity index is 1.71. The van der Waals surface area contributed by atoms with E-state index in [0.717, 1.165) is 10.2 Å². The van der Waals surface area contributed by atoms with Crippen molar-refractivity contribution in [3.8, 4) is 0 Å². The number of thiazole rings is 1. The second kappa shape index (κ2) is 7.10. The van der Waals surface area contributed by atoms with Crippen molar-refractivity contribution in [1.29, 1.82) is 0 Å². The summed E-state index contributed by atoms with van der Waals surface area (Å²) >= 11 is 1.48. The highest BCUT2D eigenvalue weighted by Crippen LogP contribution is 2.15. The zero-order valence-electron chi connectivity index (χ0n) is 13.2. The molecule has 0 unspecified atom stereocenters. The molecule has 0 atom stereocenters. The summed E-state index contributed by atoms with van der Waals surface area (Å²) in [6, 6.07) is 13.8. The quantitative estimate of drug-likeness (QED) is 0.444.